The van der Waals surface area contributed by atoms with Gasteiger partial charge in [0.15, 0.2) is 17.9 Å². The predicted octanol–water partition coefficient (Wildman–Crippen LogP) is 0.764. The Labute approximate surface area is 112 Å². The van der Waals surface area contributed by atoms with Gasteiger partial charge in [-0.05, 0) is 34.6 Å². The first-order valence-electron chi connectivity index (χ1n) is 6.73. The molecule has 110 valence electrons. The molecule has 0 amide bonds. The van der Waals surface area contributed by atoms with Crippen molar-refractivity contribution in [1.29, 1.82) is 0 Å². The van der Waals surface area contributed by atoms with Crippen molar-refractivity contribution < 1.29 is 28.8 Å². The predicted molar refractivity (Wildman–Crippen MR) is 64.2 cm³/mol. The number of hydrogen-bond acceptors (Lipinski definition) is 6. The number of ether oxygens (including phenoxy) is 5. The van der Waals surface area contributed by atoms with Gasteiger partial charge < -0.3 is 28.8 Å². The zero-order valence-corrected chi connectivity index (χ0v) is 12.0. The van der Waals surface area contributed by atoms with Gasteiger partial charge in [0.05, 0.1) is 6.10 Å². The first-order chi connectivity index (χ1) is 8.69. The SMILES string of the molecule is C[C@@H](O)C1O[C@H]2OC(C)(C)O[C@H]2[C@@H]2OC(C)(C)O[C@H]12. The Morgan fingerprint density at radius 3 is 2.00 bits per heavy atom. The smallest absolute Gasteiger partial charge is 0.190 e. The molecule has 3 fully saturated rings. The van der Waals surface area contributed by atoms with Gasteiger partial charge in [-0.1, -0.05) is 0 Å². The van der Waals surface area contributed by atoms with Gasteiger partial charge >= 0.3 is 0 Å². The van der Waals surface area contributed by atoms with E-state index in [2.05, 4.69) is 0 Å². The van der Waals surface area contributed by atoms with Crippen LogP contribution in [0.5, 0.6) is 0 Å². The van der Waals surface area contributed by atoms with E-state index in [-0.39, 0.29) is 18.3 Å². The molecule has 0 aromatic heterocycles. The fourth-order valence-electron chi connectivity index (χ4n) is 3.03. The summed E-state index contributed by atoms with van der Waals surface area (Å²) in [6.45, 7) is 9.04. The van der Waals surface area contributed by atoms with E-state index in [1.807, 2.05) is 27.7 Å². The highest BCUT2D eigenvalue weighted by Gasteiger charge is 2.61. The summed E-state index contributed by atoms with van der Waals surface area (Å²) in [7, 11) is 0. The van der Waals surface area contributed by atoms with Crippen molar-refractivity contribution >= 4 is 0 Å². The van der Waals surface area contributed by atoms with Crippen LogP contribution in [0.1, 0.15) is 34.6 Å². The number of aliphatic hydroxyl groups excluding tert-OH is 1. The van der Waals surface area contributed by atoms with Gasteiger partial charge in [-0.25, -0.2) is 0 Å². The van der Waals surface area contributed by atoms with Gasteiger partial charge in [0.2, 0.25) is 0 Å². The maximum absolute atomic E-state index is 9.89. The summed E-state index contributed by atoms with van der Waals surface area (Å²) in [4.78, 5) is 0. The second-order valence-corrected chi connectivity index (χ2v) is 6.37. The van der Waals surface area contributed by atoms with Gasteiger partial charge in [0.25, 0.3) is 0 Å². The molecule has 0 bridgehead atoms. The maximum atomic E-state index is 9.89. The first kappa shape index (κ1) is 13.7. The largest absolute Gasteiger partial charge is 0.391 e. The molecule has 0 aromatic carbocycles. The minimum Gasteiger partial charge on any atom is -0.391 e. The summed E-state index contributed by atoms with van der Waals surface area (Å²) in [5.41, 5.74) is 0. The molecule has 6 nitrogen and oxygen atoms in total. The topological polar surface area (TPSA) is 66.4 Å². The highest BCUT2D eigenvalue weighted by molar-refractivity contribution is 5.01. The van der Waals surface area contributed by atoms with E-state index in [9.17, 15) is 5.11 Å². The molecular weight excluding hydrogens is 252 g/mol. The second-order valence-electron chi connectivity index (χ2n) is 6.37. The van der Waals surface area contributed by atoms with E-state index >= 15 is 0 Å². The van der Waals surface area contributed by atoms with Crippen molar-refractivity contribution in [3.8, 4) is 0 Å². The monoisotopic (exact) mass is 274 g/mol. The molecule has 6 atom stereocenters. The van der Waals surface area contributed by atoms with Crippen LogP contribution in [0.15, 0.2) is 0 Å². The zero-order valence-electron chi connectivity index (χ0n) is 12.0. The summed E-state index contributed by atoms with van der Waals surface area (Å²) in [5, 5.41) is 9.89. The van der Waals surface area contributed by atoms with Crippen LogP contribution in [0.4, 0.5) is 0 Å². The van der Waals surface area contributed by atoms with E-state index in [0.29, 0.717) is 0 Å². The van der Waals surface area contributed by atoms with Crippen molar-refractivity contribution in [2.75, 3.05) is 0 Å². The number of rotatable bonds is 1. The van der Waals surface area contributed by atoms with Crippen LogP contribution < -0.4 is 0 Å². The number of aliphatic hydroxyl groups is 1. The molecule has 1 unspecified atom stereocenters. The molecule has 0 spiro atoms. The van der Waals surface area contributed by atoms with Crippen LogP contribution in [0, 0.1) is 0 Å². The van der Waals surface area contributed by atoms with Crippen LogP contribution in [-0.4, -0.2) is 53.5 Å². The van der Waals surface area contributed by atoms with Gasteiger partial charge in [-0.15, -0.1) is 0 Å². The van der Waals surface area contributed by atoms with E-state index in [1.54, 1.807) is 6.92 Å². The second kappa shape index (κ2) is 4.13. The molecule has 3 aliphatic rings. The highest BCUT2D eigenvalue weighted by atomic mass is 16.9. The van der Waals surface area contributed by atoms with Crippen LogP contribution in [-0.2, 0) is 23.7 Å². The lowest BCUT2D eigenvalue weighted by atomic mass is 9.96. The molecule has 19 heavy (non-hydrogen) atoms. The quantitative estimate of drug-likeness (QED) is 0.761. The summed E-state index contributed by atoms with van der Waals surface area (Å²) in [6, 6.07) is 0. The summed E-state index contributed by atoms with van der Waals surface area (Å²) in [6.07, 6.45) is -2.67. The summed E-state index contributed by atoms with van der Waals surface area (Å²) < 4.78 is 29.2. The minimum absolute atomic E-state index is 0.296. The van der Waals surface area contributed by atoms with Crippen molar-refractivity contribution in [3.05, 3.63) is 0 Å². The fourth-order valence-corrected chi connectivity index (χ4v) is 3.03. The third-order valence-electron chi connectivity index (χ3n) is 3.67. The normalized spacial score (nSPS) is 48.6. The average molecular weight is 274 g/mol. The Balaban J connectivity index is 1.89. The minimum atomic E-state index is -0.719. The zero-order chi connectivity index (χ0) is 14.0. The van der Waals surface area contributed by atoms with Gasteiger partial charge in [0.1, 0.15) is 24.4 Å². The third-order valence-corrected chi connectivity index (χ3v) is 3.67. The molecule has 3 aliphatic heterocycles. The van der Waals surface area contributed by atoms with Crippen molar-refractivity contribution in [1.82, 2.24) is 0 Å². The molecule has 3 rings (SSSR count). The number of hydrogen-bond donors (Lipinski definition) is 1. The van der Waals surface area contributed by atoms with Crippen LogP contribution in [0.25, 0.3) is 0 Å². The summed E-state index contributed by atoms with van der Waals surface area (Å²) >= 11 is 0. The molecule has 0 aromatic rings. The molecule has 0 aliphatic carbocycles. The number of fused-ring (bicyclic) bond motifs is 3. The fraction of sp³-hybridized carbons (Fsp3) is 1.00. The van der Waals surface area contributed by atoms with Crippen LogP contribution in [0.3, 0.4) is 0 Å². The molecule has 1 N–H and O–H groups in total. The lowest BCUT2D eigenvalue weighted by Gasteiger charge is -2.38. The standard InChI is InChI=1S/C13H22O6/c1-6(14)7-8-9(17-12(2,3)16-8)10-11(15-7)19-13(4,5)18-10/h6-11,14H,1-5H3/t6-,7?,8-,9-,10+,11+/m1/s1. The molecule has 3 heterocycles. The Morgan fingerprint density at radius 2 is 1.37 bits per heavy atom. The highest BCUT2D eigenvalue weighted by Crippen LogP contribution is 2.44. The van der Waals surface area contributed by atoms with Crippen LogP contribution >= 0.6 is 0 Å². The van der Waals surface area contributed by atoms with Crippen molar-refractivity contribution in [2.24, 2.45) is 0 Å². The Hall–Kier alpha value is -0.240. The molecule has 3 saturated heterocycles. The lowest BCUT2D eigenvalue weighted by molar-refractivity contribution is -0.250. The van der Waals surface area contributed by atoms with Gasteiger partial charge in [0, 0.05) is 0 Å². The average Bonchev–Trinajstić information content (AvgIpc) is 2.70. The molecular formula is C13H22O6. The molecule has 0 radical (unpaired) electrons. The van der Waals surface area contributed by atoms with E-state index in [4.69, 9.17) is 23.7 Å². The Kier molecular flexibility index (Phi) is 2.98. The molecule has 6 heteroatoms. The van der Waals surface area contributed by atoms with Gasteiger partial charge in [-0.2, -0.15) is 0 Å². The van der Waals surface area contributed by atoms with Crippen molar-refractivity contribution in [3.63, 3.8) is 0 Å². The molecule has 0 saturated carbocycles. The van der Waals surface area contributed by atoms with Crippen LogP contribution in [0.2, 0.25) is 0 Å². The van der Waals surface area contributed by atoms with E-state index in [0.717, 1.165) is 0 Å². The Bertz CT molecular complexity index is 366. The third kappa shape index (κ3) is 2.30. The van der Waals surface area contributed by atoms with E-state index in [1.165, 1.54) is 0 Å². The Morgan fingerprint density at radius 1 is 0.842 bits per heavy atom. The van der Waals surface area contributed by atoms with E-state index < -0.39 is 30.1 Å². The van der Waals surface area contributed by atoms with Crippen molar-refractivity contribution in [2.45, 2.75) is 83.0 Å². The van der Waals surface area contributed by atoms with Gasteiger partial charge in [-0.3, -0.25) is 0 Å². The summed E-state index contributed by atoms with van der Waals surface area (Å²) in [5.74, 6) is -1.43. The maximum Gasteiger partial charge on any atom is 0.190 e. The lowest BCUT2D eigenvalue weighted by Crippen LogP contribution is -2.57. The first-order valence-corrected chi connectivity index (χ1v) is 6.73.